The Morgan fingerprint density at radius 2 is 2.14 bits per heavy atom. The quantitative estimate of drug-likeness (QED) is 0.851. The molecule has 0 saturated carbocycles. The Morgan fingerprint density at radius 1 is 1.32 bits per heavy atom. The highest BCUT2D eigenvalue weighted by Crippen LogP contribution is 2.22. The monoisotopic (exact) mass is 303 g/mol. The van der Waals surface area contributed by atoms with Crippen LogP contribution in [0.15, 0.2) is 30.3 Å². The topological polar surface area (TPSA) is 67.4 Å². The van der Waals surface area contributed by atoms with Crippen molar-refractivity contribution in [3.05, 3.63) is 36.0 Å². The molecule has 0 fully saturated rings. The van der Waals surface area contributed by atoms with E-state index in [2.05, 4.69) is 10.2 Å². The van der Waals surface area contributed by atoms with Crippen LogP contribution in [0, 0.1) is 0 Å². The lowest BCUT2D eigenvalue weighted by Crippen LogP contribution is -2.33. The number of hydrogen-bond donors (Lipinski definition) is 1. The number of rotatable bonds is 7. The van der Waals surface area contributed by atoms with Gasteiger partial charge in [0.25, 0.3) is 5.91 Å². The van der Waals surface area contributed by atoms with E-state index in [1.807, 2.05) is 31.2 Å². The van der Waals surface area contributed by atoms with Gasteiger partial charge in [-0.2, -0.15) is 5.10 Å². The number of benzene rings is 1. The molecular weight excluding hydrogens is 282 g/mol. The minimum absolute atomic E-state index is 0.0822. The highest BCUT2D eigenvalue weighted by Gasteiger charge is 2.17. The molecule has 22 heavy (non-hydrogen) atoms. The van der Waals surface area contributed by atoms with Gasteiger partial charge in [-0.25, -0.2) is 0 Å². The van der Waals surface area contributed by atoms with Gasteiger partial charge < -0.3 is 14.4 Å². The Hall–Kier alpha value is -2.34. The highest BCUT2D eigenvalue weighted by atomic mass is 16.5. The molecule has 0 unspecified atom stereocenters. The summed E-state index contributed by atoms with van der Waals surface area (Å²) in [5.74, 6) is 0.671. The number of ether oxygens (including phenoxy) is 2. The van der Waals surface area contributed by atoms with Crippen LogP contribution in [0.5, 0.6) is 5.75 Å². The van der Waals surface area contributed by atoms with E-state index in [4.69, 9.17) is 9.47 Å². The number of aromatic amines is 1. The fourth-order valence-electron chi connectivity index (χ4n) is 2.14. The number of likely N-dealkylation sites (N-methyl/N-ethyl adjacent to an activating group) is 1. The predicted octanol–water partition coefficient (Wildman–Crippen LogP) is 2.19. The lowest BCUT2D eigenvalue weighted by molar-refractivity contribution is 0.0700. The molecule has 0 bridgehead atoms. The van der Waals surface area contributed by atoms with Crippen LogP contribution in [0.2, 0.25) is 0 Å². The van der Waals surface area contributed by atoms with E-state index >= 15 is 0 Å². The first kappa shape index (κ1) is 16.0. The summed E-state index contributed by atoms with van der Waals surface area (Å²) in [5.41, 5.74) is 2.08. The summed E-state index contributed by atoms with van der Waals surface area (Å²) in [6, 6.07) is 9.32. The lowest BCUT2D eigenvalue weighted by Gasteiger charge is -2.19. The first-order chi connectivity index (χ1) is 10.7. The largest absolute Gasteiger partial charge is 0.497 e. The molecule has 0 aliphatic rings. The van der Waals surface area contributed by atoms with E-state index in [0.717, 1.165) is 11.3 Å². The van der Waals surface area contributed by atoms with Crippen LogP contribution in [0.3, 0.4) is 0 Å². The first-order valence-corrected chi connectivity index (χ1v) is 7.17. The molecule has 6 nitrogen and oxygen atoms in total. The van der Waals surface area contributed by atoms with Crippen LogP contribution in [-0.4, -0.2) is 54.9 Å². The number of carbonyl (C=O) groups is 1. The average Bonchev–Trinajstić information content (AvgIpc) is 3.05. The summed E-state index contributed by atoms with van der Waals surface area (Å²) in [7, 11) is 3.24. The number of nitrogens with zero attached hydrogens (tertiary/aromatic N) is 2. The van der Waals surface area contributed by atoms with Gasteiger partial charge >= 0.3 is 0 Å². The fourth-order valence-corrected chi connectivity index (χ4v) is 2.14. The van der Waals surface area contributed by atoms with Gasteiger partial charge in [-0.05, 0) is 25.1 Å². The predicted molar refractivity (Wildman–Crippen MR) is 84.0 cm³/mol. The number of H-pyrrole nitrogens is 1. The van der Waals surface area contributed by atoms with Gasteiger partial charge in [0.05, 0.1) is 19.4 Å². The molecule has 0 saturated heterocycles. The Balaban J connectivity index is 2.17. The second-order valence-corrected chi connectivity index (χ2v) is 4.78. The normalized spacial score (nSPS) is 10.5. The second kappa shape index (κ2) is 7.61. The summed E-state index contributed by atoms with van der Waals surface area (Å²) < 4.78 is 10.2. The molecule has 0 aliphatic heterocycles. The summed E-state index contributed by atoms with van der Waals surface area (Å²) in [5, 5.41) is 7.03. The minimum Gasteiger partial charge on any atom is -0.497 e. The maximum Gasteiger partial charge on any atom is 0.271 e. The third kappa shape index (κ3) is 3.65. The standard InChI is InChI=1S/C16H21N3O3/c1-4-19(8-9-21-2)16(20)15-11-14(17-18-15)12-6-5-7-13(10-12)22-3/h5-7,10-11H,4,8-9H2,1-3H3,(H,17,18). The van der Waals surface area contributed by atoms with E-state index in [0.29, 0.717) is 31.1 Å². The molecule has 6 heteroatoms. The summed E-state index contributed by atoms with van der Waals surface area (Å²) in [4.78, 5) is 14.1. The Morgan fingerprint density at radius 3 is 2.82 bits per heavy atom. The molecular formula is C16H21N3O3. The molecule has 1 heterocycles. The number of aromatic nitrogens is 2. The second-order valence-electron chi connectivity index (χ2n) is 4.78. The van der Waals surface area contributed by atoms with Gasteiger partial charge in [0, 0.05) is 25.8 Å². The van der Waals surface area contributed by atoms with Crippen molar-refractivity contribution in [3.8, 4) is 17.0 Å². The minimum atomic E-state index is -0.0822. The summed E-state index contributed by atoms with van der Waals surface area (Å²) in [6.45, 7) is 3.62. The number of carbonyl (C=O) groups excluding carboxylic acids is 1. The molecule has 2 rings (SSSR count). The van der Waals surface area contributed by atoms with Gasteiger partial charge in [0.2, 0.25) is 0 Å². The highest BCUT2D eigenvalue weighted by molar-refractivity contribution is 5.93. The van der Waals surface area contributed by atoms with E-state index in [1.54, 1.807) is 25.2 Å². The number of nitrogens with one attached hydrogen (secondary N) is 1. The number of methoxy groups -OCH3 is 2. The molecule has 2 aromatic rings. The molecule has 0 spiro atoms. The van der Waals surface area contributed by atoms with Crippen molar-refractivity contribution in [2.45, 2.75) is 6.92 Å². The van der Waals surface area contributed by atoms with Gasteiger partial charge in [-0.3, -0.25) is 9.89 Å². The van der Waals surface area contributed by atoms with Gasteiger partial charge in [-0.1, -0.05) is 12.1 Å². The lowest BCUT2D eigenvalue weighted by atomic mass is 10.1. The van der Waals surface area contributed by atoms with Crippen LogP contribution in [0.25, 0.3) is 11.3 Å². The Bertz CT molecular complexity index is 625. The van der Waals surface area contributed by atoms with Crippen molar-refractivity contribution < 1.29 is 14.3 Å². The zero-order valence-electron chi connectivity index (χ0n) is 13.1. The fraction of sp³-hybridized carbons (Fsp3) is 0.375. The number of amides is 1. The van der Waals surface area contributed by atoms with Crippen LogP contribution >= 0.6 is 0 Å². The van der Waals surface area contributed by atoms with Crippen molar-refractivity contribution in [1.82, 2.24) is 15.1 Å². The van der Waals surface area contributed by atoms with Gasteiger partial charge in [0.15, 0.2) is 0 Å². The molecule has 1 aromatic carbocycles. The maximum absolute atomic E-state index is 12.4. The molecule has 118 valence electrons. The van der Waals surface area contributed by atoms with Gasteiger partial charge in [0.1, 0.15) is 11.4 Å². The Labute approximate surface area is 130 Å². The zero-order chi connectivity index (χ0) is 15.9. The van der Waals surface area contributed by atoms with Crippen molar-refractivity contribution in [1.29, 1.82) is 0 Å². The molecule has 1 aromatic heterocycles. The molecule has 0 atom stereocenters. The van der Waals surface area contributed by atoms with E-state index in [9.17, 15) is 4.79 Å². The van der Waals surface area contributed by atoms with Crippen molar-refractivity contribution in [2.24, 2.45) is 0 Å². The smallest absolute Gasteiger partial charge is 0.271 e. The van der Waals surface area contributed by atoms with Crippen molar-refractivity contribution in [3.63, 3.8) is 0 Å². The number of hydrogen-bond acceptors (Lipinski definition) is 4. The molecule has 1 amide bonds. The van der Waals surface area contributed by atoms with E-state index < -0.39 is 0 Å². The van der Waals surface area contributed by atoms with Crippen molar-refractivity contribution >= 4 is 5.91 Å². The third-order valence-electron chi connectivity index (χ3n) is 3.41. The Kier molecular flexibility index (Phi) is 5.55. The van der Waals surface area contributed by atoms with E-state index in [-0.39, 0.29) is 5.91 Å². The average molecular weight is 303 g/mol. The van der Waals surface area contributed by atoms with Crippen molar-refractivity contribution in [2.75, 3.05) is 33.9 Å². The van der Waals surface area contributed by atoms with Crippen LogP contribution in [0.1, 0.15) is 17.4 Å². The molecule has 1 N–H and O–H groups in total. The SMILES string of the molecule is CCN(CCOC)C(=O)c1cc(-c2cccc(OC)c2)n[nH]1. The first-order valence-electron chi connectivity index (χ1n) is 7.17. The molecule has 0 radical (unpaired) electrons. The van der Waals surface area contributed by atoms with Crippen LogP contribution in [0.4, 0.5) is 0 Å². The molecule has 0 aliphatic carbocycles. The van der Waals surface area contributed by atoms with Crippen LogP contribution in [-0.2, 0) is 4.74 Å². The van der Waals surface area contributed by atoms with Crippen LogP contribution < -0.4 is 4.74 Å². The van der Waals surface area contributed by atoms with E-state index in [1.165, 1.54) is 0 Å². The zero-order valence-corrected chi connectivity index (χ0v) is 13.1. The maximum atomic E-state index is 12.4. The van der Waals surface area contributed by atoms with Gasteiger partial charge in [-0.15, -0.1) is 0 Å². The third-order valence-corrected chi connectivity index (χ3v) is 3.41. The summed E-state index contributed by atoms with van der Waals surface area (Å²) >= 11 is 0. The summed E-state index contributed by atoms with van der Waals surface area (Å²) in [6.07, 6.45) is 0.